The number of rotatable bonds is 9. The molecule has 94 valence electrons. The summed E-state index contributed by atoms with van der Waals surface area (Å²) in [6.07, 6.45) is 4.78. The second-order valence-electron chi connectivity index (χ2n) is 4.54. The van der Waals surface area contributed by atoms with Crippen LogP contribution in [0.5, 0.6) is 0 Å². The van der Waals surface area contributed by atoms with Crippen molar-refractivity contribution in [1.29, 1.82) is 0 Å². The van der Waals surface area contributed by atoms with Gasteiger partial charge >= 0.3 is 0 Å². The molecule has 0 aromatic heterocycles. The van der Waals surface area contributed by atoms with Gasteiger partial charge in [-0.15, -0.1) is 0 Å². The first-order valence-electron chi connectivity index (χ1n) is 6.04. The molecular formula is C12H24N2O2. The first-order valence-corrected chi connectivity index (χ1v) is 6.04. The molecule has 0 aliphatic rings. The van der Waals surface area contributed by atoms with Gasteiger partial charge in [0, 0.05) is 6.42 Å². The smallest absolute Gasteiger partial charge is 0.220 e. The Morgan fingerprint density at radius 2 is 2.00 bits per heavy atom. The van der Waals surface area contributed by atoms with Crippen LogP contribution in [-0.2, 0) is 9.59 Å². The molecule has 0 heterocycles. The maximum atomic E-state index is 11.5. The van der Waals surface area contributed by atoms with Gasteiger partial charge in [0.25, 0.3) is 0 Å². The molecule has 0 fully saturated rings. The third-order valence-corrected chi connectivity index (χ3v) is 2.34. The normalized spacial score (nSPS) is 12.5. The first-order chi connectivity index (χ1) is 7.60. The molecule has 1 atom stereocenters. The highest BCUT2D eigenvalue weighted by atomic mass is 16.2. The number of unbranched alkanes of at least 4 members (excludes halogenated alkanes) is 2. The highest BCUT2D eigenvalue weighted by molar-refractivity contribution is 5.79. The lowest BCUT2D eigenvalue weighted by molar-refractivity contribution is -0.124. The predicted octanol–water partition coefficient (Wildman–Crippen LogP) is 1.24. The number of nitrogens with two attached hydrogens (primary N) is 1. The summed E-state index contributed by atoms with van der Waals surface area (Å²) in [5.74, 6) is 0.377. The van der Waals surface area contributed by atoms with E-state index in [0.29, 0.717) is 25.3 Å². The van der Waals surface area contributed by atoms with E-state index in [2.05, 4.69) is 5.32 Å². The fourth-order valence-electron chi connectivity index (χ4n) is 1.54. The second-order valence-corrected chi connectivity index (χ2v) is 4.54. The average molecular weight is 228 g/mol. The average Bonchev–Trinajstić information content (AvgIpc) is 2.23. The third-order valence-electron chi connectivity index (χ3n) is 2.34. The monoisotopic (exact) mass is 228 g/mol. The lowest BCUT2D eigenvalue weighted by atomic mass is 10.0. The van der Waals surface area contributed by atoms with Gasteiger partial charge in [0.15, 0.2) is 0 Å². The third kappa shape index (κ3) is 8.41. The summed E-state index contributed by atoms with van der Waals surface area (Å²) < 4.78 is 0. The van der Waals surface area contributed by atoms with Crippen LogP contribution < -0.4 is 11.1 Å². The van der Waals surface area contributed by atoms with Gasteiger partial charge in [0.1, 0.15) is 6.29 Å². The van der Waals surface area contributed by atoms with Gasteiger partial charge in [0.05, 0.1) is 6.04 Å². The molecule has 0 bridgehead atoms. The minimum absolute atomic E-state index is 0.0326. The van der Waals surface area contributed by atoms with Gasteiger partial charge in [-0.2, -0.15) is 0 Å². The van der Waals surface area contributed by atoms with Crippen LogP contribution in [0.4, 0.5) is 0 Å². The fraction of sp³-hybridized carbons (Fsp3) is 0.833. The SMILES string of the molecule is CC(C)C[C@H](C=O)NC(=O)CCCCCN. The zero-order chi connectivity index (χ0) is 12.4. The summed E-state index contributed by atoms with van der Waals surface area (Å²) in [6, 6.07) is -0.331. The molecule has 0 saturated heterocycles. The Balaban J connectivity index is 3.70. The number of carbonyl (C=O) groups is 2. The highest BCUT2D eigenvalue weighted by Crippen LogP contribution is 2.04. The van der Waals surface area contributed by atoms with Crippen molar-refractivity contribution in [2.45, 2.75) is 52.0 Å². The van der Waals surface area contributed by atoms with Crippen molar-refractivity contribution in [2.75, 3.05) is 6.54 Å². The van der Waals surface area contributed by atoms with E-state index in [9.17, 15) is 9.59 Å². The van der Waals surface area contributed by atoms with Crippen molar-refractivity contribution >= 4 is 12.2 Å². The molecule has 0 saturated carbocycles. The molecule has 1 amide bonds. The lowest BCUT2D eigenvalue weighted by Crippen LogP contribution is -2.36. The highest BCUT2D eigenvalue weighted by Gasteiger charge is 2.12. The Morgan fingerprint density at radius 1 is 1.31 bits per heavy atom. The van der Waals surface area contributed by atoms with Crippen molar-refractivity contribution in [3.05, 3.63) is 0 Å². The second kappa shape index (κ2) is 9.33. The summed E-state index contributed by atoms with van der Waals surface area (Å²) >= 11 is 0. The number of hydrogen-bond donors (Lipinski definition) is 2. The molecule has 0 radical (unpaired) electrons. The van der Waals surface area contributed by atoms with Gasteiger partial charge < -0.3 is 15.8 Å². The lowest BCUT2D eigenvalue weighted by Gasteiger charge is -2.14. The Morgan fingerprint density at radius 3 is 2.50 bits per heavy atom. The quantitative estimate of drug-likeness (QED) is 0.460. The Bertz CT molecular complexity index is 205. The minimum atomic E-state index is -0.331. The number of hydrogen-bond acceptors (Lipinski definition) is 3. The van der Waals surface area contributed by atoms with Gasteiger partial charge in [-0.3, -0.25) is 4.79 Å². The number of carbonyl (C=O) groups excluding carboxylic acids is 2. The van der Waals surface area contributed by atoms with E-state index in [1.807, 2.05) is 13.8 Å². The summed E-state index contributed by atoms with van der Waals surface area (Å²) in [6.45, 7) is 4.74. The van der Waals surface area contributed by atoms with Crippen LogP contribution in [0.15, 0.2) is 0 Å². The molecule has 0 aliphatic carbocycles. The van der Waals surface area contributed by atoms with Crippen molar-refractivity contribution < 1.29 is 9.59 Å². The Labute approximate surface area is 98.0 Å². The van der Waals surface area contributed by atoms with E-state index in [1.54, 1.807) is 0 Å². The Kier molecular flexibility index (Phi) is 8.81. The van der Waals surface area contributed by atoms with Crippen LogP contribution in [0.2, 0.25) is 0 Å². The van der Waals surface area contributed by atoms with Gasteiger partial charge in [-0.05, 0) is 31.7 Å². The first kappa shape index (κ1) is 15.1. The van der Waals surface area contributed by atoms with E-state index in [0.717, 1.165) is 25.5 Å². The van der Waals surface area contributed by atoms with Crippen molar-refractivity contribution in [3.8, 4) is 0 Å². The molecule has 4 nitrogen and oxygen atoms in total. The van der Waals surface area contributed by atoms with E-state index >= 15 is 0 Å². The van der Waals surface area contributed by atoms with E-state index in [-0.39, 0.29) is 11.9 Å². The summed E-state index contributed by atoms with van der Waals surface area (Å²) in [4.78, 5) is 22.2. The minimum Gasteiger partial charge on any atom is -0.347 e. The maximum Gasteiger partial charge on any atom is 0.220 e. The van der Waals surface area contributed by atoms with E-state index < -0.39 is 0 Å². The van der Waals surface area contributed by atoms with Crippen molar-refractivity contribution in [2.24, 2.45) is 11.7 Å². The molecule has 4 heteroatoms. The molecular weight excluding hydrogens is 204 g/mol. The van der Waals surface area contributed by atoms with Crippen LogP contribution in [-0.4, -0.2) is 24.8 Å². The van der Waals surface area contributed by atoms with Crippen molar-refractivity contribution in [1.82, 2.24) is 5.32 Å². The summed E-state index contributed by atoms with van der Waals surface area (Å²) in [5, 5.41) is 2.74. The molecule has 0 spiro atoms. The molecule has 0 aliphatic heterocycles. The maximum absolute atomic E-state index is 11.5. The predicted molar refractivity (Wildman–Crippen MR) is 65.0 cm³/mol. The molecule has 0 aromatic carbocycles. The Hall–Kier alpha value is -0.900. The number of nitrogens with one attached hydrogen (secondary N) is 1. The van der Waals surface area contributed by atoms with Crippen LogP contribution in [0.25, 0.3) is 0 Å². The topological polar surface area (TPSA) is 72.2 Å². The standard InChI is InChI=1S/C12H24N2O2/c1-10(2)8-11(9-15)14-12(16)6-4-3-5-7-13/h9-11H,3-8,13H2,1-2H3,(H,14,16)/t11-/m1/s1. The molecule has 3 N–H and O–H groups in total. The number of amides is 1. The van der Waals surface area contributed by atoms with Crippen LogP contribution in [0.3, 0.4) is 0 Å². The van der Waals surface area contributed by atoms with E-state index in [1.165, 1.54) is 0 Å². The van der Waals surface area contributed by atoms with Gasteiger partial charge in [-0.1, -0.05) is 20.3 Å². The largest absolute Gasteiger partial charge is 0.347 e. The molecule has 16 heavy (non-hydrogen) atoms. The van der Waals surface area contributed by atoms with Crippen LogP contribution in [0.1, 0.15) is 46.0 Å². The number of aldehydes is 1. The molecule has 0 unspecified atom stereocenters. The van der Waals surface area contributed by atoms with Gasteiger partial charge in [0.2, 0.25) is 5.91 Å². The molecule has 0 aromatic rings. The zero-order valence-electron chi connectivity index (χ0n) is 10.4. The van der Waals surface area contributed by atoms with Crippen molar-refractivity contribution in [3.63, 3.8) is 0 Å². The van der Waals surface area contributed by atoms with Crippen LogP contribution >= 0.6 is 0 Å². The zero-order valence-corrected chi connectivity index (χ0v) is 10.4. The molecule has 0 rings (SSSR count). The fourth-order valence-corrected chi connectivity index (χ4v) is 1.54. The van der Waals surface area contributed by atoms with Gasteiger partial charge in [-0.25, -0.2) is 0 Å². The van der Waals surface area contributed by atoms with Crippen LogP contribution in [0, 0.1) is 5.92 Å². The summed E-state index contributed by atoms with van der Waals surface area (Å²) in [7, 11) is 0. The summed E-state index contributed by atoms with van der Waals surface area (Å²) in [5.41, 5.74) is 5.36. The van der Waals surface area contributed by atoms with E-state index in [4.69, 9.17) is 5.73 Å².